The Kier molecular flexibility index (Phi) is 4.69. The Morgan fingerprint density at radius 1 is 0.950 bits per heavy atom. The molecule has 3 heteroatoms. The van der Waals surface area contributed by atoms with Gasteiger partial charge in [0.1, 0.15) is 11.5 Å². The number of halogens is 1. The lowest BCUT2D eigenvalue weighted by Crippen LogP contribution is -2.06. The van der Waals surface area contributed by atoms with Gasteiger partial charge in [-0.1, -0.05) is 17.7 Å². The van der Waals surface area contributed by atoms with Crippen molar-refractivity contribution in [2.75, 3.05) is 7.05 Å². The van der Waals surface area contributed by atoms with E-state index in [-0.39, 0.29) is 0 Å². The van der Waals surface area contributed by atoms with Gasteiger partial charge in [0, 0.05) is 11.6 Å². The molecule has 0 unspecified atom stereocenters. The predicted molar refractivity (Wildman–Crippen MR) is 84.9 cm³/mol. The zero-order valence-electron chi connectivity index (χ0n) is 12.4. The molecule has 0 bridgehead atoms. The van der Waals surface area contributed by atoms with Crippen molar-refractivity contribution in [2.45, 2.75) is 27.3 Å². The summed E-state index contributed by atoms with van der Waals surface area (Å²) in [5.74, 6) is 1.67. The summed E-state index contributed by atoms with van der Waals surface area (Å²) in [7, 11) is 1.95. The zero-order chi connectivity index (χ0) is 14.7. The zero-order valence-corrected chi connectivity index (χ0v) is 13.1. The van der Waals surface area contributed by atoms with Gasteiger partial charge in [-0.25, -0.2) is 0 Å². The van der Waals surface area contributed by atoms with E-state index in [0.717, 1.165) is 34.2 Å². The number of nitrogens with one attached hydrogen (secondary N) is 1. The van der Waals surface area contributed by atoms with E-state index in [1.807, 2.05) is 39.1 Å². The van der Waals surface area contributed by atoms with Crippen LogP contribution in [0.5, 0.6) is 11.5 Å². The summed E-state index contributed by atoms with van der Waals surface area (Å²) in [4.78, 5) is 0. The summed E-state index contributed by atoms with van der Waals surface area (Å²) in [6.45, 7) is 6.94. The Labute approximate surface area is 125 Å². The van der Waals surface area contributed by atoms with Crippen LogP contribution in [0.15, 0.2) is 30.3 Å². The van der Waals surface area contributed by atoms with Gasteiger partial charge < -0.3 is 10.1 Å². The fourth-order valence-electron chi connectivity index (χ4n) is 2.22. The molecular formula is C17H20ClNO. The Morgan fingerprint density at radius 3 is 2.10 bits per heavy atom. The average molecular weight is 290 g/mol. The predicted octanol–water partition coefficient (Wildman–Crippen LogP) is 4.78. The normalized spacial score (nSPS) is 10.7. The minimum atomic E-state index is 0.804. The standard InChI is InChI=1S/C17H20ClNO/c1-11-7-15(6-5-14(11)10-19-4)20-16-8-12(2)17(18)13(3)9-16/h5-9,19H,10H2,1-4H3. The van der Waals surface area contributed by atoms with E-state index < -0.39 is 0 Å². The summed E-state index contributed by atoms with van der Waals surface area (Å²) in [5.41, 5.74) is 4.57. The maximum atomic E-state index is 6.17. The fourth-order valence-corrected chi connectivity index (χ4v) is 2.33. The molecule has 0 aliphatic rings. The number of benzene rings is 2. The van der Waals surface area contributed by atoms with Gasteiger partial charge in [0.25, 0.3) is 0 Å². The molecule has 0 saturated carbocycles. The second-order valence-electron chi connectivity index (χ2n) is 5.09. The molecule has 0 spiro atoms. The Bertz CT molecular complexity index is 599. The van der Waals surface area contributed by atoms with Crippen molar-refractivity contribution in [1.82, 2.24) is 5.32 Å². The highest BCUT2D eigenvalue weighted by Crippen LogP contribution is 2.29. The molecule has 0 saturated heterocycles. The summed E-state index contributed by atoms with van der Waals surface area (Å²) >= 11 is 6.17. The van der Waals surface area contributed by atoms with Crippen LogP contribution >= 0.6 is 11.6 Å². The fraction of sp³-hybridized carbons (Fsp3) is 0.294. The molecule has 106 valence electrons. The quantitative estimate of drug-likeness (QED) is 0.875. The molecule has 0 fully saturated rings. The molecule has 0 atom stereocenters. The van der Waals surface area contributed by atoms with Crippen LogP contribution < -0.4 is 10.1 Å². The van der Waals surface area contributed by atoms with Gasteiger partial charge in [0.15, 0.2) is 0 Å². The first-order valence-electron chi connectivity index (χ1n) is 6.70. The first-order valence-corrected chi connectivity index (χ1v) is 7.08. The number of rotatable bonds is 4. The molecule has 0 aliphatic heterocycles. The van der Waals surface area contributed by atoms with Gasteiger partial charge in [0.2, 0.25) is 0 Å². The highest BCUT2D eigenvalue weighted by molar-refractivity contribution is 6.32. The summed E-state index contributed by atoms with van der Waals surface area (Å²) in [6, 6.07) is 10.1. The third-order valence-electron chi connectivity index (χ3n) is 3.33. The summed E-state index contributed by atoms with van der Waals surface area (Å²) in [6.07, 6.45) is 0. The first kappa shape index (κ1) is 14.9. The third-order valence-corrected chi connectivity index (χ3v) is 3.92. The molecule has 2 aromatic rings. The second kappa shape index (κ2) is 6.29. The van der Waals surface area contributed by atoms with Gasteiger partial charge in [-0.05, 0) is 74.3 Å². The van der Waals surface area contributed by atoms with Crippen molar-refractivity contribution in [1.29, 1.82) is 0 Å². The lowest BCUT2D eigenvalue weighted by atomic mass is 10.1. The van der Waals surface area contributed by atoms with Crippen LogP contribution in [-0.4, -0.2) is 7.05 Å². The summed E-state index contributed by atoms with van der Waals surface area (Å²) < 4.78 is 5.93. The minimum absolute atomic E-state index is 0.804. The molecule has 0 radical (unpaired) electrons. The van der Waals surface area contributed by atoms with Crippen molar-refractivity contribution in [2.24, 2.45) is 0 Å². The molecule has 0 amide bonds. The van der Waals surface area contributed by atoms with Crippen LogP contribution in [0.2, 0.25) is 5.02 Å². The minimum Gasteiger partial charge on any atom is -0.457 e. The van der Waals surface area contributed by atoms with Crippen molar-refractivity contribution in [3.63, 3.8) is 0 Å². The van der Waals surface area contributed by atoms with E-state index in [2.05, 4.69) is 24.4 Å². The monoisotopic (exact) mass is 289 g/mol. The molecule has 20 heavy (non-hydrogen) atoms. The largest absolute Gasteiger partial charge is 0.457 e. The van der Waals surface area contributed by atoms with Crippen LogP contribution in [0, 0.1) is 20.8 Å². The maximum absolute atomic E-state index is 6.17. The van der Waals surface area contributed by atoms with E-state index in [4.69, 9.17) is 16.3 Å². The molecule has 0 aromatic heterocycles. The molecule has 2 rings (SSSR count). The van der Waals surface area contributed by atoms with E-state index in [0.29, 0.717) is 0 Å². The maximum Gasteiger partial charge on any atom is 0.128 e. The van der Waals surface area contributed by atoms with Gasteiger partial charge in [0.05, 0.1) is 0 Å². The van der Waals surface area contributed by atoms with E-state index in [1.165, 1.54) is 11.1 Å². The van der Waals surface area contributed by atoms with Gasteiger partial charge >= 0.3 is 0 Å². The van der Waals surface area contributed by atoms with Gasteiger partial charge in [-0.2, -0.15) is 0 Å². The Hall–Kier alpha value is -1.51. The summed E-state index contributed by atoms with van der Waals surface area (Å²) in [5, 5.41) is 3.96. The number of hydrogen-bond donors (Lipinski definition) is 1. The molecule has 1 N–H and O–H groups in total. The average Bonchev–Trinajstić information content (AvgIpc) is 2.39. The molecule has 0 aliphatic carbocycles. The SMILES string of the molecule is CNCc1ccc(Oc2cc(C)c(Cl)c(C)c2)cc1C. The van der Waals surface area contributed by atoms with E-state index in [9.17, 15) is 0 Å². The smallest absolute Gasteiger partial charge is 0.128 e. The van der Waals surface area contributed by atoms with Crippen molar-refractivity contribution >= 4 is 11.6 Å². The molecule has 2 nitrogen and oxygen atoms in total. The molecular weight excluding hydrogens is 270 g/mol. The Balaban J connectivity index is 2.24. The first-order chi connectivity index (χ1) is 9.51. The van der Waals surface area contributed by atoms with Crippen molar-refractivity contribution < 1.29 is 4.74 Å². The van der Waals surface area contributed by atoms with Crippen LogP contribution in [0.25, 0.3) is 0 Å². The number of hydrogen-bond acceptors (Lipinski definition) is 2. The Morgan fingerprint density at radius 2 is 1.55 bits per heavy atom. The second-order valence-corrected chi connectivity index (χ2v) is 5.47. The van der Waals surface area contributed by atoms with Crippen LogP contribution in [0.4, 0.5) is 0 Å². The lowest BCUT2D eigenvalue weighted by molar-refractivity contribution is 0.481. The van der Waals surface area contributed by atoms with E-state index in [1.54, 1.807) is 0 Å². The van der Waals surface area contributed by atoms with Crippen molar-refractivity contribution in [3.8, 4) is 11.5 Å². The van der Waals surface area contributed by atoms with Crippen LogP contribution in [0.3, 0.4) is 0 Å². The van der Waals surface area contributed by atoms with E-state index >= 15 is 0 Å². The van der Waals surface area contributed by atoms with Gasteiger partial charge in [-0.3, -0.25) is 0 Å². The highest BCUT2D eigenvalue weighted by Gasteiger charge is 2.06. The molecule has 2 aromatic carbocycles. The molecule has 0 heterocycles. The highest BCUT2D eigenvalue weighted by atomic mass is 35.5. The van der Waals surface area contributed by atoms with Gasteiger partial charge in [-0.15, -0.1) is 0 Å². The number of aryl methyl sites for hydroxylation is 3. The van der Waals surface area contributed by atoms with Crippen LogP contribution in [-0.2, 0) is 6.54 Å². The van der Waals surface area contributed by atoms with Crippen molar-refractivity contribution in [3.05, 3.63) is 57.6 Å². The third kappa shape index (κ3) is 3.33. The number of ether oxygens (including phenoxy) is 1. The van der Waals surface area contributed by atoms with Crippen LogP contribution in [0.1, 0.15) is 22.3 Å². The lowest BCUT2D eigenvalue weighted by Gasteiger charge is -2.12. The topological polar surface area (TPSA) is 21.3 Å².